The first-order valence-corrected chi connectivity index (χ1v) is 4.96. The van der Waals surface area contributed by atoms with Crippen LogP contribution < -0.4 is 10.5 Å². The minimum Gasteiger partial charge on any atom is -0.490 e. The molecule has 0 saturated carbocycles. The average Bonchev–Trinajstić information content (AvgIpc) is 2.14. The van der Waals surface area contributed by atoms with Crippen LogP contribution in [0.25, 0.3) is 0 Å². The molecule has 1 aromatic carbocycles. The van der Waals surface area contributed by atoms with Crippen LogP contribution in [-0.2, 0) is 0 Å². The van der Waals surface area contributed by atoms with E-state index in [0.29, 0.717) is 23.1 Å². The maximum atomic E-state index is 13.3. The van der Waals surface area contributed by atoms with Gasteiger partial charge in [0.1, 0.15) is 0 Å². The molecule has 0 radical (unpaired) electrons. The monoisotopic (exact) mass is 263 g/mol. The number of fused-ring (bicyclic) bond motifs is 1. The Kier molecular flexibility index (Phi) is 2.45. The van der Waals surface area contributed by atoms with Crippen molar-refractivity contribution in [3.8, 4) is 5.75 Å². The van der Waals surface area contributed by atoms with Crippen LogP contribution in [0.2, 0.25) is 0 Å². The second-order valence-corrected chi connectivity index (χ2v) is 3.99. The van der Waals surface area contributed by atoms with Crippen LogP contribution in [0.5, 0.6) is 5.75 Å². The fraction of sp³-hybridized carbons (Fsp3) is 0.333. The van der Waals surface area contributed by atoms with Gasteiger partial charge in [-0.3, -0.25) is 0 Å². The molecule has 1 heterocycles. The van der Waals surface area contributed by atoms with Crippen molar-refractivity contribution < 1.29 is 13.5 Å². The Hall–Kier alpha value is -0.680. The summed E-state index contributed by atoms with van der Waals surface area (Å²) in [7, 11) is 0. The van der Waals surface area contributed by atoms with Gasteiger partial charge < -0.3 is 10.5 Å². The number of hydrogen-bond acceptors (Lipinski definition) is 2. The molecule has 0 bridgehead atoms. The standard InChI is InChI=1S/C9H8BrF2NO/c10-4-3-5(11)8(12)9-7(4)6(13)1-2-14-9/h3,6H,1-2,13H2/t6-/m1/s1. The van der Waals surface area contributed by atoms with E-state index in [2.05, 4.69) is 15.9 Å². The van der Waals surface area contributed by atoms with E-state index in [4.69, 9.17) is 10.5 Å². The summed E-state index contributed by atoms with van der Waals surface area (Å²) in [6.45, 7) is 0.320. The molecule has 5 heteroatoms. The third-order valence-electron chi connectivity index (χ3n) is 2.21. The van der Waals surface area contributed by atoms with Crippen molar-refractivity contribution >= 4 is 15.9 Å². The lowest BCUT2D eigenvalue weighted by atomic mass is 10.0. The number of nitrogens with two attached hydrogens (primary N) is 1. The van der Waals surface area contributed by atoms with Crippen LogP contribution in [0, 0.1) is 11.6 Å². The van der Waals surface area contributed by atoms with Crippen LogP contribution in [0.3, 0.4) is 0 Å². The van der Waals surface area contributed by atoms with Gasteiger partial charge in [-0.15, -0.1) is 0 Å². The van der Waals surface area contributed by atoms with Crippen molar-refractivity contribution in [2.75, 3.05) is 6.61 Å². The van der Waals surface area contributed by atoms with Crippen LogP contribution in [0.4, 0.5) is 8.78 Å². The van der Waals surface area contributed by atoms with Crippen LogP contribution in [-0.4, -0.2) is 6.61 Å². The lowest BCUT2D eigenvalue weighted by Crippen LogP contribution is -2.22. The molecule has 2 rings (SSSR count). The van der Waals surface area contributed by atoms with Gasteiger partial charge in [0.2, 0.25) is 5.82 Å². The highest BCUT2D eigenvalue weighted by atomic mass is 79.9. The maximum Gasteiger partial charge on any atom is 0.201 e. The molecule has 1 atom stereocenters. The Morgan fingerprint density at radius 2 is 2.21 bits per heavy atom. The van der Waals surface area contributed by atoms with Crippen molar-refractivity contribution in [3.05, 3.63) is 27.7 Å². The predicted molar refractivity (Wildman–Crippen MR) is 51.1 cm³/mol. The van der Waals surface area contributed by atoms with Gasteiger partial charge in [-0.1, -0.05) is 15.9 Å². The Labute approximate surface area is 88.2 Å². The number of benzene rings is 1. The molecule has 0 aliphatic carbocycles. The fourth-order valence-corrected chi connectivity index (χ4v) is 2.18. The molecule has 1 aromatic rings. The van der Waals surface area contributed by atoms with Crippen LogP contribution >= 0.6 is 15.9 Å². The topological polar surface area (TPSA) is 35.2 Å². The molecule has 0 saturated heterocycles. The summed E-state index contributed by atoms with van der Waals surface area (Å²) in [4.78, 5) is 0. The first-order valence-electron chi connectivity index (χ1n) is 4.17. The molecule has 0 spiro atoms. The zero-order valence-corrected chi connectivity index (χ0v) is 8.77. The first-order chi connectivity index (χ1) is 6.61. The molecule has 0 amide bonds. The third kappa shape index (κ3) is 1.40. The van der Waals surface area contributed by atoms with Crippen LogP contribution in [0.15, 0.2) is 10.5 Å². The van der Waals surface area contributed by atoms with Gasteiger partial charge in [0.25, 0.3) is 0 Å². The quantitative estimate of drug-likeness (QED) is 0.731. The molecule has 1 aliphatic heterocycles. The van der Waals surface area contributed by atoms with E-state index in [1.807, 2.05) is 0 Å². The van der Waals surface area contributed by atoms with Gasteiger partial charge in [0, 0.05) is 22.5 Å². The highest BCUT2D eigenvalue weighted by molar-refractivity contribution is 9.10. The number of ether oxygens (including phenoxy) is 1. The molecular formula is C9H8BrF2NO. The van der Waals surface area contributed by atoms with E-state index in [1.165, 1.54) is 0 Å². The molecule has 2 nitrogen and oxygen atoms in total. The summed E-state index contributed by atoms with van der Waals surface area (Å²) in [6.07, 6.45) is 0.608. The van der Waals surface area contributed by atoms with Crippen molar-refractivity contribution in [1.82, 2.24) is 0 Å². The Bertz CT molecular complexity index is 384. The van der Waals surface area contributed by atoms with Crippen molar-refractivity contribution in [2.24, 2.45) is 5.73 Å². The third-order valence-corrected chi connectivity index (χ3v) is 2.87. The number of rotatable bonds is 0. The minimum atomic E-state index is -0.960. The summed E-state index contributed by atoms with van der Waals surface area (Å²) in [5.41, 5.74) is 6.28. The van der Waals surface area contributed by atoms with Gasteiger partial charge in [0.05, 0.1) is 6.61 Å². The van der Waals surface area contributed by atoms with Crippen molar-refractivity contribution in [2.45, 2.75) is 12.5 Å². The van der Waals surface area contributed by atoms with E-state index >= 15 is 0 Å². The Morgan fingerprint density at radius 3 is 2.93 bits per heavy atom. The molecule has 14 heavy (non-hydrogen) atoms. The lowest BCUT2D eigenvalue weighted by molar-refractivity contribution is 0.250. The molecule has 2 N–H and O–H groups in total. The minimum absolute atomic E-state index is 0.0596. The summed E-state index contributed by atoms with van der Waals surface area (Å²) in [5, 5.41) is 0. The SMILES string of the molecule is N[C@@H]1CCOc2c(F)c(F)cc(Br)c21. The van der Waals surface area contributed by atoms with Crippen molar-refractivity contribution in [1.29, 1.82) is 0 Å². The first kappa shape index (κ1) is 9.86. The van der Waals surface area contributed by atoms with Crippen molar-refractivity contribution in [3.63, 3.8) is 0 Å². The Balaban J connectivity index is 2.66. The summed E-state index contributed by atoms with van der Waals surface area (Å²) >= 11 is 3.14. The van der Waals surface area contributed by atoms with E-state index in [-0.39, 0.29) is 11.8 Å². The fourth-order valence-electron chi connectivity index (χ4n) is 1.51. The van der Waals surface area contributed by atoms with Gasteiger partial charge in [0.15, 0.2) is 11.6 Å². The molecule has 0 aromatic heterocycles. The average molecular weight is 264 g/mol. The highest BCUT2D eigenvalue weighted by Gasteiger charge is 2.26. The summed E-state index contributed by atoms with van der Waals surface area (Å²) < 4.78 is 31.7. The zero-order chi connectivity index (χ0) is 10.3. The molecule has 0 fully saturated rings. The predicted octanol–water partition coefficient (Wildman–Crippen LogP) is 2.51. The molecule has 0 unspecified atom stereocenters. The molecule has 76 valence electrons. The van der Waals surface area contributed by atoms with E-state index in [9.17, 15) is 8.78 Å². The van der Waals surface area contributed by atoms with Gasteiger partial charge >= 0.3 is 0 Å². The largest absolute Gasteiger partial charge is 0.490 e. The van der Waals surface area contributed by atoms with E-state index in [1.54, 1.807) is 0 Å². The second-order valence-electron chi connectivity index (χ2n) is 3.14. The highest BCUT2D eigenvalue weighted by Crippen LogP contribution is 2.39. The van der Waals surface area contributed by atoms with Gasteiger partial charge in [-0.05, 0) is 6.07 Å². The smallest absolute Gasteiger partial charge is 0.201 e. The van der Waals surface area contributed by atoms with Crippen LogP contribution in [0.1, 0.15) is 18.0 Å². The summed E-state index contributed by atoms with van der Waals surface area (Å²) in [6, 6.07) is 0.770. The van der Waals surface area contributed by atoms with E-state index < -0.39 is 11.6 Å². The van der Waals surface area contributed by atoms with Gasteiger partial charge in [-0.2, -0.15) is 4.39 Å². The van der Waals surface area contributed by atoms with Gasteiger partial charge in [-0.25, -0.2) is 4.39 Å². The lowest BCUT2D eigenvalue weighted by Gasteiger charge is -2.24. The zero-order valence-electron chi connectivity index (χ0n) is 7.19. The number of hydrogen-bond donors (Lipinski definition) is 1. The number of halogens is 3. The second kappa shape index (κ2) is 3.47. The molecular weight excluding hydrogens is 256 g/mol. The maximum absolute atomic E-state index is 13.3. The molecule has 1 aliphatic rings. The Morgan fingerprint density at radius 1 is 1.50 bits per heavy atom. The summed E-state index contributed by atoms with van der Waals surface area (Å²) in [5.74, 6) is -1.95. The van der Waals surface area contributed by atoms with E-state index in [0.717, 1.165) is 6.07 Å². The normalized spacial score (nSPS) is 20.1.